The summed E-state index contributed by atoms with van der Waals surface area (Å²) >= 11 is 0. The fourth-order valence-electron chi connectivity index (χ4n) is 1.86. The van der Waals surface area contributed by atoms with Crippen molar-refractivity contribution < 1.29 is 4.79 Å². The Bertz CT molecular complexity index is 580. The van der Waals surface area contributed by atoms with Crippen molar-refractivity contribution in [3.63, 3.8) is 0 Å². The maximum absolute atomic E-state index is 11.5. The number of hydrogen-bond donors (Lipinski definition) is 2. The molecule has 0 saturated heterocycles. The number of carbonyl (C=O) groups is 1. The number of carbonyl (C=O) groups excluding carboxylic acids is 1. The van der Waals surface area contributed by atoms with Gasteiger partial charge < -0.3 is 11.1 Å². The van der Waals surface area contributed by atoms with Crippen LogP contribution >= 0.6 is 12.4 Å². The van der Waals surface area contributed by atoms with Crippen LogP contribution in [-0.4, -0.2) is 21.7 Å². The molecule has 0 fully saturated rings. The summed E-state index contributed by atoms with van der Waals surface area (Å²) in [5, 5.41) is 6.99. The highest BCUT2D eigenvalue weighted by Crippen LogP contribution is 2.22. The van der Waals surface area contributed by atoms with Crippen LogP contribution in [0.15, 0.2) is 36.7 Å². The van der Waals surface area contributed by atoms with Gasteiger partial charge in [0.15, 0.2) is 0 Å². The molecule has 20 heavy (non-hydrogen) atoms. The summed E-state index contributed by atoms with van der Waals surface area (Å²) in [4.78, 5) is 11.5. The van der Waals surface area contributed by atoms with Crippen molar-refractivity contribution in [2.75, 3.05) is 0 Å². The van der Waals surface area contributed by atoms with Crippen molar-refractivity contribution in [2.24, 2.45) is 12.8 Å². The predicted octanol–water partition coefficient (Wildman–Crippen LogP) is 1.47. The first kappa shape index (κ1) is 16.2. The number of benzene rings is 1. The Morgan fingerprint density at radius 2 is 2.15 bits per heavy atom. The molecule has 6 heteroatoms. The minimum absolute atomic E-state index is 0. The Kier molecular flexibility index (Phi) is 5.73. The largest absolute Gasteiger partial charge is 0.351 e. The fraction of sp³-hybridized carbons (Fsp3) is 0.286. The third-order valence-electron chi connectivity index (χ3n) is 2.90. The van der Waals surface area contributed by atoms with E-state index >= 15 is 0 Å². The number of amides is 1. The lowest BCUT2D eigenvalue weighted by atomic mass is 10.0. The quantitative estimate of drug-likeness (QED) is 0.897. The van der Waals surface area contributed by atoms with Gasteiger partial charge in [-0.25, -0.2) is 0 Å². The average molecular weight is 295 g/mol. The molecule has 2 rings (SSSR count). The molecule has 3 N–H and O–H groups in total. The van der Waals surface area contributed by atoms with Crippen molar-refractivity contribution in [1.82, 2.24) is 15.1 Å². The molecule has 1 aromatic carbocycles. The Hall–Kier alpha value is -1.85. The Labute approximate surface area is 124 Å². The molecule has 108 valence electrons. The molecule has 0 aliphatic heterocycles. The van der Waals surface area contributed by atoms with Gasteiger partial charge in [-0.1, -0.05) is 24.3 Å². The number of halogens is 1. The second-order valence-corrected chi connectivity index (χ2v) is 4.57. The van der Waals surface area contributed by atoms with E-state index in [2.05, 4.69) is 10.4 Å². The van der Waals surface area contributed by atoms with Gasteiger partial charge in [0.25, 0.3) is 0 Å². The second-order valence-electron chi connectivity index (χ2n) is 4.57. The van der Waals surface area contributed by atoms with E-state index in [1.807, 2.05) is 43.7 Å². The molecular weight excluding hydrogens is 276 g/mol. The number of nitrogens with one attached hydrogen (secondary N) is 1. The first-order chi connectivity index (χ1) is 9.08. The van der Waals surface area contributed by atoms with Gasteiger partial charge in [0, 0.05) is 25.4 Å². The third kappa shape index (κ3) is 3.82. The van der Waals surface area contributed by atoms with Crippen LogP contribution in [0.2, 0.25) is 0 Å². The average Bonchev–Trinajstić information content (AvgIpc) is 2.82. The molecule has 1 atom stereocenters. The summed E-state index contributed by atoms with van der Waals surface area (Å²) in [6.45, 7) is 2.13. The van der Waals surface area contributed by atoms with Gasteiger partial charge in [0.1, 0.15) is 0 Å². The van der Waals surface area contributed by atoms with E-state index in [1.165, 1.54) is 0 Å². The Morgan fingerprint density at radius 3 is 2.75 bits per heavy atom. The van der Waals surface area contributed by atoms with Gasteiger partial charge in [-0.15, -0.1) is 12.4 Å². The molecular formula is C14H19ClN4O. The van der Waals surface area contributed by atoms with Crippen LogP contribution in [0.25, 0.3) is 11.1 Å². The maximum atomic E-state index is 11.5. The van der Waals surface area contributed by atoms with Crippen molar-refractivity contribution in [3.05, 3.63) is 42.2 Å². The Morgan fingerprint density at radius 1 is 1.45 bits per heavy atom. The minimum atomic E-state index is -0.495. The van der Waals surface area contributed by atoms with Crippen molar-refractivity contribution in [1.29, 1.82) is 0 Å². The zero-order valence-corrected chi connectivity index (χ0v) is 12.4. The number of hydrogen-bond acceptors (Lipinski definition) is 3. The van der Waals surface area contributed by atoms with E-state index in [9.17, 15) is 4.79 Å². The summed E-state index contributed by atoms with van der Waals surface area (Å²) < 4.78 is 1.76. The highest BCUT2D eigenvalue weighted by Gasteiger charge is 2.10. The van der Waals surface area contributed by atoms with E-state index in [1.54, 1.807) is 11.6 Å². The molecule has 5 nitrogen and oxygen atoms in total. The molecule has 0 saturated carbocycles. The molecule has 0 aliphatic carbocycles. The van der Waals surface area contributed by atoms with E-state index in [0.717, 1.165) is 16.7 Å². The molecule has 1 amide bonds. The molecule has 1 aromatic heterocycles. The molecule has 0 aliphatic rings. The highest BCUT2D eigenvalue weighted by atomic mass is 35.5. The smallest absolute Gasteiger partial charge is 0.236 e. The van der Waals surface area contributed by atoms with Crippen LogP contribution in [0.5, 0.6) is 0 Å². The van der Waals surface area contributed by atoms with Crippen LogP contribution in [0, 0.1) is 0 Å². The number of aromatic nitrogens is 2. The zero-order chi connectivity index (χ0) is 13.8. The molecule has 1 heterocycles. The van der Waals surface area contributed by atoms with E-state index in [-0.39, 0.29) is 18.3 Å². The van der Waals surface area contributed by atoms with Gasteiger partial charge in [0.2, 0.25) is 5.91 Å². The third-order valence-corrected chi connectivity index (χ3v) is 2.90. The summed E-state index contributed by atoms with van der Waals surface area (Å²) in [6.07, 6.45) is 3.76. The lowest BCUT2D eigenvalue weighted by molar-refractivity contribution is -0.122. The zero-order valence-electron chi connectivity index (χ0n) is 11.5. The monoisotopic (exact) mass is 294 g/mol. The van der Waals surface area contributed by atoms with Gasteiger partial charge in [-0.2, -0.15) is 5.10 Å². The van der Waals surface area contributed by atoms with Crippen LogP contribution in [0.3, 0.4) is 0 Å². The van der Waals surface area contributed by atoms with Gasteiger partial charge >= 0.3 is 0 Å². The summed E-state index contributed by atoms with van der Waals surface area (Å²) in [5.41, 5.74) is 8.68. The first-order valence-corrected chi connectivity index (χ1v) is 6.18. The van der Waals surface area contributed by atoms with Gasteiger partial charge in [-0.3, -0.25) is 9.48 Å². The molecule has 0 spiro atoms. The number of nitrogens with zero attached hydrogens (tertiary/aromatic N) is 2. The number of aryl methyl sites for hydroxylation is 1. The molecule has 0 radical (unpaired) electrons. The van der Waals surface area contributed by atoms with E-state index < -0.39 is 6.04 Å². The minimum Gasteiger partial charge on any atom is -0.351 e. The van der Waals surface area contributed by atoms with Crippen molar-refractivity contribution >= 4 is 18.3 Å². The van der Waals surface area contributed by atoms with E-state index in [0.29, 0.717) is 6.54 Å². The fourth-order valence-corrected chi connectivity index (χ4v) is 1.86. The van der Waals surface area contributed by atoms with Gasteiger partial charge in [-0.05, 0) is 18.1 Å². The van der Waals surface area contributed by atoms with Crippen LogP contribution in [-0.2, 0) is 18.4 Å². The topological polar surface area (TPSA) is 72.9 Å². The second kappa shape index (κ2) is 7.07. The summed E-state index contributed by atoms with van der Waals surface area (Å²) in [5.74, 6) is -0.152. The standard InChI is InChI=1S/C14H18N4O.ClH/c1-10(15)14(19)16-7-11-5-3-4-6-13(11)12-8-17-18(2)9-12;/h3-6,8-10H,7,15H2,1-2H3,(H,16,19);1H/t10-;/m1./s1. The molecule has 2 aromatic rings. The van der Waals surface area contributed by atoms with Crippen molar-refractivity contribution in [2.45, 2.75) is 19.5 Å². The van der Waals surface area contributed by atoms with Crippen LogP contribution in [0.1, 0.15) is 12.5 Å². The molecule has 0 bridgehead atoms. The molecule has 0 unspecified atom stereocenters. The van der Waals surface area contributed by atoms with Crippen molar-refractivity contribution in [3.8, 4) is 11.1 Å². The van der Waals surface area contributed by atoms with Gasteiger partial charge in [0.05, 0.1) is 12.2 Å². The lowest BCUT2D eigenvalue weighted by Gasteiger charge is -2.11. The Balaban J connectivity index is 0.00000200. The summed E-state index contributed by atoms with van der Waals surface area (Å²) in [7, 11) is 1.88. The maximum Gasteiger partial charge on any atom is 0.236 e. The lowest BCUT2D eigenvalue weighted by Crippen LogP contribution is -2.37. The highest BCUT2D eigenvalue weighted by molar-refractivity contribution is 5.85. The van der Waals surface area contributed by atoms with Crippen LogP contribution < -0.4 is 11.1 Å². The predicted molar refractivity (Wildman–Crippen MR) is 81.4 cm³/mol. The van der Waals surface area contributed by atoms with Crippen LogP contribution in [0.4, 0.5) is 0 Å². The van der Waals surface area contributed by atoms with E-state index in [4.69, 9.17) is 5.73 Å². The first-order valence-electron chi connectivity index (χ1n) is 6.18. The normalized spacial score (nSPS) is 11.6. The number of nitrogens with two attached hydrogens (primary N) is 1. The SMILES string of the molecule is C[C@@H](N)C(=O)NCc1ccccc1-c1cnn(C)c1.Cl. The number of rotatable bonds is 4. The summed E-state index contributed by atoms with van der Waals surface area (Å²) in [6, 6.07) is 7.44.